The predicted molar refractivity (Wildman–Crippen MR) is 82.2 cm³/mol. The van der Waals surface area contributed by atoms with Gasteiger partial charge in [0, 0.05) is 16.9 Å². The van der Waals surface area contributed by atoms with Gasteiger partial charge in [-0.2, -0.15) is 0 Å². The fraction of sp³-hybridized carbons (Fsp3) is 0.267. The third kappa shape index (κ3) is 4.02. The van der Waals surface area contributed by atoms with Crippen molar-refractivity contribution in [3.05, 3.63) is 51.7 Å². The molecule has 0 spiro atoms. The number of hydrogen-bond donors (Lipinski definition) is 2. The van der Waals surface area contributed by atoms with E-state index in [1.807, 2.05) is 19.1 Å². The minimum atomic E-state index is -0.827. The van der Waals surface area contributed by atoms with Gasteiger partial charge in [0.25, 0.3) is 0 Å². The van der Waals surface area contributed by atoms with Crippen LogP contribution in [0.5, 0.6) is 0 Å². The second kappa shape index (κ2) is 7.33. The predicted octanol–water partition coefficient (Wildman–Crippen LogP) is 3.84. The Morgan fingerprint density at radius 2 is 1.95 bits per heavy atom. The van der Waals surface area contributed by atoms with Gasteiger partial charge in [-0.25, -0.2) is 13.6 Å². The molecular formula is C15H16F2N2O2S. The second-order valence-electron chi connectivity index (χ2n) is 4.60. The maximum absolute atomic E-state index is 13.4. The molecule has 0 saturated carbocycles. The minimum absolute atomic E-state index is 0.193. The summed E-state index contributed by atoms with van der Waals surface area (Å²) < 4.78 is 32.2. The van der Waals surface area contributed by atoms with Crippen LogP contribution in [0.15, 0.2) is 30.3 Å². The van der Waals surface area contributed by atoms with Crippen LogP contribution in [0.4, 0.5) is 19.3 Å². The average Bonchev–Trinajstić information content (AvgIpc) is 2.90. The van der Waals surface area contributed by atoms with Crippen LogP contribution in [0.3, 0.4) is 0 Å². The number of halogens is 2. The number of benzene rings is 1. The van der Waals surface area contributed by atoms with Crippen LogP contribution >= 0.6 is 11.3 Å². The van der Waals surface area contributed by atoms with Crippen LogP contribution in [0.25, 0.3) is 0 Å². The van der Waals surface area contributed by atoms with Crippen molar-refractivity contribution in [1.29, 1.82) is 0 Å². The molecule has 0 aliphatic heterocycles. The highest BCUT2D eigenvalue weighted by molar-refractivity contribution is 7.12. The molecule has 2 rings (SSSR count). The second-order valence-corrected chi connectivity index (χ2v) is 5.92. The molecule has 1 aromatic carbocycles. The topological polar surface area (TPSA) is 50.4 Å². The Labute approximate surface area is 131 Å². The van der Waals surface area contributed by atoms with E-state index in [0.29, 0.717) is 0 Å². The summed E-state index contributed by atoms with van der Waals surface area (Å²) in [5.41, 5.74) is -0.471. The molecule has 0 aliphatic carbocycles. The number of anilines is 1. The number of thiophene rings is 1. The van der Waals surface area contributed by atoms with E-state index in [1.54, 1.807) is 11.3 Å². The minimum Gasteiger partial charge on any atom is -0.374 e. The summed E-state index contributed by atoms with van der Waals surface area (Å²) in [4.78, 5) is 13.9. The fourth-order valence-electron chi connectivity index (χ4n) is 1.89. The third-order valence-corrected chi connectivity index (χ3v) is 4.11. The zero-order chi connectivity index (χ0) is 16.1. The Hall–Kier alpha value is -1.99. The quantitative estimate of drug-likeness (QED) is 0.877. The van der Waals surface area contributed by atoms with Gasteiger partial charge in [0.05, 0.1) is 6.54 Å². The Kier molecular flexibility index (Phi) is 5.46. The van der Waals surface area contributed by atoms with Crippen LogP contribution in [0, 0.1) is 18.6 Å². The van der Waals surface area contributed by atoms with Gasteiger partial charge >= 0.3 is 6.03 Å². The number of carbonyl (C=O) groups excluding carboxylic acids is 1. The number of hydrogen-bond acceptors (Lipinski definition) is 3. The van der Waals surface area contributed by atoms with Crippen molar-refractivity contribution in [3.8, 4) is 0 Å². The SMILES string of the molecule is COC(CNC(=O)Nc1c(F)cccc1F)c1ccc(C)s1. The number of nitrogens with one attached hydrogen (secondary N) is 2. The first-order valence-corrected chi connectivity index (χ1v) is 7.41. The summed E-state index contributed by atoms with van der Waals surface area (Å²) in [7, 11) is 1.54. The van der Waals surface area contributed by atoms with Gasteiger partial charge in [-0.1, -0.05) is 6.07 Å². The maximum Gasteiger partial charge on any atom is 0.319 e. The fourth-order valence-corrected chi connectivity index (χ4v) is 2.84. The van der Waals surface area contributed by atoms with Crippen LogP contribution < -0.4 is 10.6 Å². The molecule has 0 radical (unpaired) electrons. The Bertz CT molecular complexity index is 640. The molecule has 0 fully saturated rings. The molecule has 7 heteroatoms. The lowest BCUT2D eigenvalue weighted by Crippen LogP contribution is -2.33. The molecule has 0 aliphatic rings. The standard InChI is InChI=1S/C15H16F2N2O2S/c1-9-6-7-13(22-9)12(21-2)8-18-15(20)19-14-10(16)4-3-5-11(14)17/h3-7,12H,8H2,1-2H3,(H2,18,19,20). The van der Waals surface area contributed by atoms with Crippen molar-refractivity contribution >= 4 is 23.1 Å². The van der Waals surface area contributed by atoms with E-state index in [9.17, 15) is 13.6 Å². The van der Waals surface area contributed by atoms with E-state index < -0.39 is 23.4 Å². The third-order valence-electron chi connectivity index (χ3n) is 3.01. The maximum atomic E-state index is 13.4. The normalized spacial score (nSPS) is 12.0. The Morgan fingerprint density at radius 3 is 2.50 bits per heavy atom. The van der Waals surface area contributed by atoms with Gasteiger partial charge in [0.15, 0.2) is 0 Å². The molecular weight excluding hydrogens is 310 g/mol. The average molecular weight is 326 g/mol. The summed E-state index contributed by atoms with van der Waals surface area (Å²) in [6, 6.07) is 6.56. The van der Waals surface area contributed by atoms with Gasteiger partial charge in [-0.15, -0.1) is 11.3 Å². The van der Waals surface area contributed by atoms with E-state index in [2.05, 4.69) is 10.6 Å². The Morgan fingerprint density at radius 1 is 1.27 bits per heavy atom. The number of methoxy groups -OCH3 is 1. The summed E-state index contributed by atoms with van der Waals surface area (Å²) in [6.07, 6.45) is -0.310. The van der Waals surface area contributed by atoms with Crippen LogP contribution in [-0.2, 0) is 4.74 Å². The van der Waals surface area contributed by atoms with Crippen molar-refractivity contribution in [2.24, 2.45) is 0 Å². The van der Waals surface area contributed by atoms with Crippen LogP contribution in [-0.4, -0.2) is 19.7 Å². The number of carbonyl (C=O) groups is 1. The highest BCUT2D eigenvalue weighted by Crippen LogP contribution is 2.24. The molecule has 118 valence electrons. The molecule has 22 heavy (non-hydrogen) atoms. The lowest BCUT2D eigenvalue weighted by Gasteiger charge is -2.15. The molecule has 1 atom stereocenters. The lowest BCUT2D eigenvalue weighted by molar-refractivity contribution is 0.107. The molecule has 1 aromatic heterocycles. The largest absolute Gasteiger partial charge is 0.374 e. The molecule has 0 saturated heterocycles. The summed E-state index contributed by atoms with van der Waals surface area (Å²) >= 11 is 1.56. The molecule has 1 unspecified atom stereocenters. The van der Waals surface area contributed by atoms with Crippen molar-refractivity contribution in [3.63, 3.8) is 0 Å². The molecule has 4 nitrogen and oxygen atoms in total. The van der Waals surface area contributed by atoms with Gasteiger partial charge in [0.1, 0.15) is 23.4 Å². The number of para-hydroxylation sites is 1. The van der Waals surface area contributed by atoms with Gasteiger partial charge in [0.2, 0.25) is 0 Å². The summed E-state index contributed by atoms with van der Waals surface area (Å²) in [5.74, 6) is -1.65. The van der Waals surface area contributed by atoms with Gasteiger partial charge < -0.3 is 15.4 Å². The van der Waals surface area contributed by atoms with Crippen LogP contribution in [0.2, 0.25) is 0 Å². The molecule has 1 heterocycles. The summed E-state index contributed by atoms with van der Waals surface area (Å²) in [5, 5.41) is 4.71. The van der Waals surface area contributed by atoms with Crippen molar-refractivity contribution in [2.45, 2.75) is 13.0 Å². The lowest BCUT2D eigenvalue weighted by atomic mass is 10.3. The van der Waals surface area contributed by atoms with E-state index in [4.69, 9.17) is 4.74 Å². The number of urea groups is 1. The molecule has 2 aromatic rings. The van der Waals surface area contributed by atoms with Crippen molar-refractivity contribution in [1.82, 2.24) is 5.32 Å². The van der Waals surface area contributed by atoms with E-state index in [-0.39, 0.29) is 12.6 Å². The first kappa shape index (κ1) is 16.4. The highest BCUT2D eigenvalue weighted by Gasteiger charge is 2.16. The van der Waals surface area contributed by atoms with Crippen LogP contribution in [0.1, 0.15) is 15.9 Å². The summed E-state index contributed by atoms with van der Waals surface area (Å²) in [6.45, 7) is 2.17. The smallest absolute Gasteiger partial charge is 0.319 e. The number of aryl methyl sites for hydroxylation is 1. The zero-order valence-electron chi connectivity index (χ0n) is 12.2. The molecule has 2 N–H and O–H groups in total. The Balaban J connectivity index is 1.94. The first-order chi connectivity index (χ1) is 10.5. The molecule has 2 amide bonds. The number of rotatable bonds is 5. The highest BCUT2D eigenvalue weighted by atomic mass is 32.1. The van der Waals surface area contributed by atoms with E-state index in [0.717, 1.165) is 21.9 Å². The first-order valence-electron chi connectivity index (χ1n) is 6.59. The monoisotopic (exact) mass is 326 g/mol. The number of ether oxygens (including phenoxy) is 1. The van der Waals surface area contributed by atoms with Gasteiger partial charge in [-0.3, -0.25) is 0 Å². The van der Waals surface area contributed by atoms with Crippen molar-refractivity contribution in [2.75, 3.05) is 19.0 Å². The van der Waals surface area contributed by atoms with E-state index >= 15 is 0 Å². The van der Waals surface area contributed by atoms with Crippen molar-refractivity contribution < 1.29 is 18.3 Å². The molecule has 0 bridgehead atoms. The number of amides is 2. The zero-order valence-corrected chi connectivity index (χ0v) is 13.0. The van der Waals surface area contributed by atoms with Gasteiger partial charge in [-0.05, 0) is 31.2 Å². The van der Waals surface area contributed by atoms with E-state index in [1.165, 1.54) is 13.2 Å².